The van der Waals surface area contributed by atoms with Crippen molar-refractivity contribution in [1.29, 1.82) is 0 Å². The van der Waals surface area contributed by atoms with E-state index in [2.05, 4.69) is 5.43 Å². The normalized spacial score (nSPS) is 13.0. The SMILES string of the molecule is Cc1ccsc1C(NN)c1cc2cc(F)ccc2o1. The molecule has 2 heterocycles. The third kappa shape index (κ3) is 2.16. The summed E-state index contributed by atoms with van der Waals surface area (Å²) in [7, 11) is 0. The van der Waals surface area contributed by atoms with Crippen LogP contribution >= 0.6 is 11.3 Å². The maximum Gasteiger partial charge on any atom is 0.134 e. The largest absolute Gasteiger partial charge is 0.459 e. The van der Waals surface area contributed by atoms with Gasteiger partial charge in [-0.2, -0.15) is 0 Å². The van der Waals surface area contributed by atoms with Crippen molar-refractivity contribution < 1.29 is 8.81 Å². The van der Waals surface area contributed by atoms with Crippen LogP contribution in [0.4, 0.5) is 4.39 Å². The number of halogens is 1. The Bertz CT molecular complexity index is 719. The van der Waals surface area contributed by atoms with Crippen molar-refractivity contribution in [3.63, 3.8) is 0 Å². The Morgan fingerprint density at radius 3 is 2.84 bits per heavy atom. The first-order valence-corrected chi connectivity index (χ1v) is 6.76. The predicted octanol–water partition coefficient (Wildman–Crippen LogP) is 3.49. The molecule has 2 aromatic heterocycles. The molecule has 0 fully saturated rings. The minimum absolute atomic E-state index is 0.213. The van der Waals surface area contributed by atoms with E-state index in [1.165, 1.54) is 12.1 Å². The minimum Gasteiger partial charge on any atom is -0.459 e. The van der Waals surface area contributed by atoms with Gasteiger partial charge in [-0.3, -0.25) is 5.84 Å². The van der Waals surface area contributed by atoms with Gasteiger partial charge in [-0.15, -0.1) is 11.3 Å². The quantitative estimate of drug-likeness (QED) is 0.568. The van der Waals surface area contributed by atoms with Gasteiger partial charge in [0.1, 0.15) is 23.2 Å². The number of hydrogen-bond acceptors (Lipinski definition) is 4. The van der Waals surface area contributed by atoms with Crippen LogP contribution in [0, 0.1) is 12.7 Å². The first-order chi connectivity index (χ1) is 9.19. The Morgan fingerprint density at radius 1 is 1.32 bits per heavy atom. The molecule has 0 radical (unpaired) electrons. The molecule has 1 aromatic carbocycles. The van der Waals surface area contributed by atoms with Gasteiger partial charge in [0.25, 0.3) is 0 Å². The highest BCUT2D eigenvalue weighted by molar-refractivity contribution is 7.10. The highest BCUT2D eigenvalue weighted by Crippen LogP contribution is 2.32. The molecule has 1 unspecified atom stereocenters. The summed E-state index contributed by atoms with van der Waals surface area (Å²) in [5.41, 5.74) is 4.57. The fourth-order valence-corrected chi connectivity index (χ4v) is 3.14. The van der Waals surface area contributed by atoms with Crippen LogP contribution in [-0.2, 0) is 0 Å². The molecule has 3 aromatic rings. The maximum atomic E-state index is 13.2. The van der Waals surface area contributed by atoms with Crippen LogP contribution in [0.25, 0.3) is 11.0 Å². The molecule has 3 nitrogen and oxygen atoms in total. The second-order valence-electron chi connectivity index (χ2n) is 4.40. The fourth-order valence-electron chi connectivity index (χ4n) is 2.14. The number of hydrazine groups is 1. The van der Waals surface area contributed by atoms with Crippen molar-refractivity contribution in [2.24, 2.45) is 5.84 Å². The molecule has 0 saturated heterocycles. The number of thiophene rings is 1. The second kappa shape index (κ2) is 4.77. The summed E-state index contributed by atoms with van der Waals surface area (Å²) in [6.45, 7) is 2.03. The van der Waals surface area contributed by atoms with Crippen molar-refractivity contribution in [2.75, 3.05) is 0 Å². The number of fused-ring (bicyclic) bond motifs is 1. The van der Waals surface area contributed by atoms with Gasteiger partial charge in [0, 0.05) is 10.3 Å². The topological polar surface area (TPSA) is 51.2 Å². The van der Waals surface area contributed by atoms with E-state index < -0.39 is 0 Å². The zero-order valence-corrected chi connectivity index (χ0v) is 11.1. The van der Waals surface area contributed by atoms with E-state index in [4.69, 9.17) is 10.3 Å². The first-order valence-electron chi connectivity index (χ1n) is 5.88. The van der Waals surface area contributed by atoms with Gasteiger partial charge in [0.05, 0.1) is 0 Å². The number of benzene rings is 1. The Hall–Kier alpha value is -1.69. The molecule has 1 atom stereocenters. The Morgan fingerprint density at radius 2 is 2.16 bits per heavy atom. The summed E-state index contributed by atoms with van der Waals surface area (Å²) in [5, 5.41) is 2.75. The number of furan rings is 1. The Labute approximate surface area is 113 Å². The Balaban J connectivity index is 2.09. The standard InChI is InChI=1S/C14H13FN2OS/c1-8-4-5-19-14(8)13(17-16)12-7-9-6-10(15)2-3-11(9)18-12/h2-7,13,17H,16H2,1H3. The minimum atomic E-state index is -0.274. The van der Waals surface area contributed by atoms with Crippen LogP contribution in [0.3, 0.4) is 0 Å². The summed E-state index contributed by atoms with van der Waals surface area (Å²) in [6, 6.07) is 8.11. The molecule has 5 heteroatoms. The van der Waals surface area contributed by atoms with Crippen LogP contribution < -0.4 is 11.3 Å². The molecule has 0 saturated carbocycles. The van der Waals surface area contributed by atoms with E-state index in [-0.39, 0.29) is 11.9 Å². The van der Waals surface area contributed by atoms with Crippen molar-refractivity contribution in [2.45, 2.75) is 13.0 Å². The molecular weight excluding hydrogens is 263 g/mol. The van der Waals surface area contributed by atoms with Gasteiger partial charge < -0.3 is 4.42 Å². The number of hydrogen-bond donors (Lipinski definition) is 2. The monoisotopic (exact) mass is 276 g/mol. The van der Waals surface area contributed by atoms with Gasteiger partial charge in [-0.05, 0) is 48.2 Å². The maximum absolute atomic E-state index is 13.2. The number of aryl methyl sites for hydroxylation is 1. The van der Waals surface area contributed by atoms with Crippen molar-refractivity contribution in [3.8, 4) is 0 Å². The molecule has 0 bridgehead atoms. The summed E-state index contributed by atoms with van der Waals surface area (Å²) in [5.74, 6) is 6.05. The zero-order chi connectivity index (χ0) is 13.4. The molecule has 0 aliphatic rings. The molecule has 0 aliphatic heterocycles. The average molecular weight is 276 g/mol. The van der Waals surface area contributed by atoms with Gasteiger partial charge in [0.15, 0.2) is 0 Å². The van der Waals surface area contributed by atoms with Gasteiger partial charge >= 0.3 is 0 Å². The third-order valence-corrected chi connectivity index (χ3v) is 4.20. The second-order valence-corrected chi connectivity index (χ2v) is 5.35. The van der Waals surface area contributed by atoms with Crippen LogP contribution in [0.1, 0.15) is 22.2 Å². The summed E-state index contributed by atoms with van der Waals surface area (Å²) in [6.07, 6.45) is 0. The zero-order valence-electron chi connectivity index (χ0n) is 10.3. The summed E-state index contributed by atoms with van der Waals surface area (Å²) >= 11 is 1.61. The average Bonchev–Trinajstić information content (AvgIpc) is 2.97. The lowest BCUT2D eigenvalue weighted by molar-refractivity contribution is 0.480. The van der Waals surface area contributed by atoms with Gasteiger partial charge in [-0.1, -0.05) is 0 Å². The van der Waals surface area contributed by atoms with Crippen LogP contribution in [0.5, 0.6) is 0 Å². The van der Waals surface area contributed by atoms with Crippen molar-refractivity contribution in [3.05, 3.63) is 57.7 Å². The van der Waals surface area contributed by atoms with Gasteiger partial charge in [-0.25, -0.2) is 9.82 Å². The van der Waals surface area contributed by atoms with Crippen molar-refractivity contribution in [1.82, 2.24) is 5.43 Å². The lowest BCUT2D eigenvalue weighted by Crippen LogP contribution is -2.28. The molecule has 98 valence electrons. The number of nitrogens with two attached hydrogens (primary N) is 1. The van der Waals surface area contributed by atoms with Crippen LogP contribution in [-0.4, -0.2) is 0 Å². The molecule has 3 N–H and O–H groups in total. The molecule has 0 spiro atoms. The van der Waals surface area contributed by atoms with Crippen LogP contribution in [0.2, 0.25) is 0 Å². The van der Waals surface area contributed by atoms with E-state index in [9.17, 15) is 4.39 Å². The van der Waals surface area contributed by atoms with E-state index in [1.54, 1.807) is 17.4 Å². The third-order valence-electron chi connectivity index (χ3n) is 3.11. The van der Waals surface area contributed by atoms with Crippen LogP contribution in [0.15, 0.2) is 40.1 Å². The van der Waals surface area contributed by atoms with E-state index in [0.29, 0.717) is 11.3 Å². The molecule has 19 heavy (non-hydrogen) atoms. The highest BCUT2D eigenvalue weighted by Gasteiger charge is 2.20. The number of rotatable bonds is 3. The lowest BCUT2D eigenvalue weighted by atomic mass is 10.1. The molecule has 0 aliphatic carbocycles. The highest BCUT2D eigenvalue weighted by atomic mass is 32.1. The predicted molar refractivity (Wildman–Crippen MR) is 74.4 cm³/mol. The molecular formula is C14H13FN2OS. The van der Waals surface area contributed by atoms with E-state index in [0.717, 1.165) is 15.8 Å². The first kappa shape index (κ1) is 12.3. The fraction of sp³-hybridized carbons (Fsp3) is 0.143. The lowest BCUT2D eigenvalue weighted by Gasteiger charge is -2.12. The Kier molecular flexibility index (Phi) is 3.10. The number of nitrogens with one attached hydrogen (secondary N) is 1. The van der Waals surface area contributed by atoms with E-state index in [1.807, 2.05) is 24.4 Å². The van der Waals surface area contributed by atoms with Crippen molar-refractivity contribution >= 4 is 22.3 Å². The van der Waals surface area contributed by atoms with E-state index >= 15 is 0 Å². The molecule has 0 amide bonds. The van der Waals surface area contributed by atoms with Gasteiger partial charge in [0.2, 0.25) is 0 Å². The summed E-state index contributed by atoms with van der Waals surface area (Å²) < 4.78 is 18.9. The smallest absolute Gasteiger partial charge is 0.134 e. The molecule has 3 rings (SSSR count). The summed E-state index contributed by atoms with van der Waals surface area (Å²) in [4.78, 5) is 1.10.